The van der Waals surface area contributed by atoms with Gasteiger partial charge in [-0.25, -0.2) is 9.48 Å². The lowest BCUT2D eigenvalue weighted by molar-refractivity contribution is 0.659. The molecule has 1 heterocycles. The van der Waals surface area contributed by atoms with E-state index in [1.165, 1.54) is 15.6 Å². The summed E-state index contributed by atoms with van der Waals surface area (Å²) >= 11 is 4.00. The molecule has 0 amide bonds. The Hall–Kier alpha value is -0.970. The Morgan fingerprint density at radius 3 is 2.92 bits per heavy atom. The van der Waals surface area contributed by atoms with Gasteiger partial charge >= 0.3 is 5.69 Å². The summed E-state index contributed by atoms with van der Waals surface area (Å²) in [5.41, 5.74) is -0.0983. The van der Waals surface area contributed by atoms with Crippen LogP contribution in [0.3, 0.4) is 0 Å². The second-order valence-electron chi connectivity index (χ2n) is 2.36. The van der Waals surface area contributed by atoms with Crippen molar-refractivity contribution in [2.24, 2.45) is 7.05 Å². The molecule has 0 aliphatic heterocycles. The zero-order valence-electron chi connectivity index (χ0n) is 6.84. The van der Waals surface area contributed by atoms with Crippen molar-refractivity contribution in [1.82, 2.24) is 14.3 Å². The van der Waals surface area contributed by atoms with E-state index in [0.29, 0.717) is 12.3 Å². The molecule has 5 heteroatoms. The minimum Gasteiger partial charge on any atom is -0.285 e. The molecule has 0 aliphatic carbocycles. The topological polar surface area (TPSA) is 39.8 Å². The maximum atomic E-state index is 11.2. The highest BCUT2D eigenvalue weighted by Crippen LogP contribution is 1.81. The molecule has 4 nitrogen and oxygen atoms in total. The molecule has 0 N–H and O–H groups in total. The van der Waals surface area contributed by atoms with E-state index in [1.54, 1.807) is 7.05 Å². The predicted octanol–water partition coefficient (Wildman–Crippen LogP) is 0.0678. The van der Waals surface area contributed by atoms with Gasteiger partial charge in [-0.2, -0.15) is 17.7 Å². The van der Waals surface area contributed by atoms with Crippen LogP contribution in [0.2, 0.25) is 0 Å². The van der Waals surface area contributed by atoms with E-state index in [4.69, 9.17) is 0 Å². The highest BCUT2D eigenvalue weighted by atomic mass is 32.1. The molecule has 1 aromatic heterocycles. The summed E-state index contributed by atoms with van der Waals surface area (Å²) in [6.45, 7) is 0.514. The molecule has 0 aliphatic rings. The largest absolute Gasteiger partial charge is 0.345 e. The van der Waals surface area contributed by atoms with E-state index in [-0.39, 0.29) is 5.69 Å². The second kappa shape index (κ2) is 4.15. The number of rotatable bonds is 3. The smallest absolute Gasteiger partial charge is 0.285 e. The van der Waals surface area contributed by atoms with Gasteiger partial charge in [0.2, 0.25) is 0 Å². The van der Waals surface area contributed by atoms with Crippen molar-refractivity contribution in [2.75, 3.05) is 5.75 Å². The summed E-state index contributed by atoms with van der Waals surface area (Å²) in [7, 11) is 1.67. The first kappa shape index (κ1) is 9.12. The van der Waals surface area contributed by atoms with Gasteiger partial charge in [0.05, 0.1) is 6.54 Å². The van der Waals surface area contributed by atoms with Crippen LogP contribution in [0, 0.1) is 0 Å². The fourth-order valence-electron chi connectivity index (χ4n) is 0.795. The molecule has 1 rings (SSSR count). The average Bonchev–Trinajstić information content (AvgIpc) is 2.36. The van der Waals surface area contributed by atoms with Crippen LogP contribution < -0.4 is 5.69 Å². The van der Waals surface area contributed by atoms with Crippen LogP contribution in [0.25, 0.3) is 0 Å². The molecule has 0 unspecified atom stereocenters. The number of aromatic nitrogens is 3. The number of hydrogen-bond donors (Lipinski definition) is 1. The SMILES string of the molecule is Cn1cnn(C/C=C/CS)c1=O. The van der Waals surface area contributed by atoms with Crippen molar-refractivity contribution < 1.29 is 0 Å². The Morgan fingerprint density at radius 1 is 1.67 bits per heavy atom. The normalized spacial score (nSPS) is 11.2. The Morgan fingerprint density at radius 2 is 2.42 bits per heavy atom. The first-order valence-corrected chi connectivity index (χ1v) is 4.23. The molecule has 0 atom stereocenters. The minimum absolute atomic E-state index is 0.0983. The van der Waals surface area contributed by atoms with Crippen LogP contribution in [-0.4, -0.2) is 20.1 Å². The summed E-state index contributed by atoms with van der Waals surface area (Å²) in [6, 6.07) is 0. The molecule has 0 saturated carbocycles. The molecular formula is C7H11N3OS. The lowest BCUT2D eigenvalue weighted by Crippen LogP contribution is -2.22. The van der Waals surface area contributed by atoms with E-state index < -0.39 is 0 Å². The summed E-state index contributed by atoms with van der Waals surface area (Å²) in [5, 5.41) is 3.88. The molecule has 0 saturated heterocycles. The van der Waals surface area contributed by atoms with Gasteiger partial charge in [-0.05, 0) is 0 Å². The monoisotopic (exact) mass is 185 g/mol. The Kier molecular flexibility index (Phi) is 3.16. The third-order valence-electron chi connectivity index (χ3n) is 1.44. The molecule has 1 aromatic rings. The standard InChI is InChI=1S/C7H11N3OS/c1-9-6-8-10(7(9)11)4-2-3-5-12/h2-3,6,12H,4-5H2,1H3/b3-2+. The third-order valence-corrected chi connectivity index (χ3v) is 1.65. The summed E-state index contributed by atoms with van der Waals surface area (Å²) < 4.78 is 2.83. The van der Waals surface area contributed by atoms with E-state index in [2.05, 4.69) is 17.7 Å². The van der Waals surface area contributed by atoms with E-state index in [9.17, 15) is 4.79 Å². The first-order valence-electron chi connectivity index (χ1n) is 3.60. The minimum atomic E-state index is -0.0983. The third kappa shape index (κ3) is 2.01. The number of hydrogen-bond acceptors (Lipinski definition) is 3. The van der Waals surface area contributed by atoms with Gasteiger partial charge in [0.1, 0.15) is 6.33 Å². The lowest BCUT2D eigenvalue weighted by atomic mass is 10.5. The summed E-state index contributed by atoms with van der Waals surface area (Å²) in [5.74, 6) is 0.682. The average molecular weight is 185 g/mol. The maximum absolute atomic E-state index is 11.2. The van der Waals surface area contributed by atoms with Crippen LogP contribution in [0.1, 0.15) is 0 Å². The van der Waals surface area contributed by atoms with E-state index in [1.807, 2.05) is 12.2 Å². The van der Waals surface area contributed by atoms with Crippen molar-refractivity contribution in [3.8, 4) is 0 Å². The van der Waals surface area contributed by atoms with Gasteiger partial charge in [-0.1, -0.05) is 12.2 Å². The van der Waals surface area contributed by atoms with Gasteiger partial charge in [-0.3, -0.25) is 4.57 Å². The van der Waals surface area contributed by atoms with Crippen LogP contribution in [0.15, 0.2) is 23.3 Å². The molecule has 0 aromatic carbocycles. The van der Waals surface area contributed by atoms with Crippen LogP contribution in [0.4, 0.5) is 0 Å². The molecule has 12 heavy (non-hydrogen) atoms. The Balaban J connectivity index is 2.70. The summed E-state index contributed by atoms with van der Waals surface area (Å²) in [6.07, 6.45) is 5.24. The second-order valence-corrected chi connectivity index (χ2v) is 2.73. The molecule has 66 valence electrons. The van der Waals surface area contributed by atoms with Gasteiger partial charge in [0.15, 0.2) is 0 Å². The fourth-order valence-corrected chi connectivity index (χ4v) is 0.944. The van der Waals surface area contributed by atoms with Crippen molar-refractivity contribution in [3.05, 3.63) is 29.0 Å². The summed E-state index contributed by atoms with van der Waals surface area (Å²) in [4.78, 5) is 11.2. The van der Waals surface area contributed by atoms with E-state index in [0.717, 1.165) is 0 Å². The number of nitrogens with zero attached hydrogens (tertiary/aromatic N) is 3. The molecular weight excluding hydrogens is 174 g/mol. The number of allylic oxidation sites excluding steroid dienone is 1. The zero-order valence-corrected chi connectivity index (χ0v) is 7.74. The fraction of sp³-hybridized carbons (Fsp3) is 0.429. The Labute approximate surface area is 75.9 Å². The quantitative estimate of drug-likeness (QED) is 0.534. The maximum Gasteiger partial charge on any atom is 0.345 e. The Bertz CT molecular complexity index is 326. The van der Waals surface area contributed by atoms with Crippen molar-refractivity contribution in [1.29, 1.82) is 0 Å². The highest BCUT2D eigenvalue weighted by Gasteiger charge is 1.96. The molecule has 0 spiro atoms. The zero-order chi connectivity index (χ0) is 8.97. The number of aryl methyl sites for hydroxylation is 1. The van der Waals surface area contributed by atoms with Gasteiger partial charge in [0.25, 0.3) is 0 Å². The lowest BCUT2D eigenvalue weighted by Gasteiger charge is -1.90. The molecule has 0 radical (unpaired) electrons. The van der Waals surface area contributed by atoms with E-state index >= 15 is 0 Å². The van der Waals surface area contributed by atoms with Crippen LogP contribution in [0.5, 0.6) is 0 Å². The van der Waals surface area contributed by atoms with Crippen LogP contribution in [-0.2, 0) is 13.6 Å². The predicted molar refractivity (Wildman–Crippen MR) is 50.5 cm³/mol. The van der Waals surface area contributed by atoms with Crippen molar-refractivity contribution in [3.63, 3.8) is 0 Å². The van der Waals surface area contributed by atoms with Crippen molar-refractivity contribution in [2.45, 2.75) is 6.54 Å². The number of thiol groups is 1. The van der Waals surface area contributed by atoms with Gasteiger partial charge in [0, 0.05) is 12.8 Å². The van der Waals surface area contributed by atoms with Crippen molar-refractivity contribution >= 4 is 12.6 Å². The molecule has 0 bridgehead atoms. The first-order chi connectivity index (χ1) is 5.75. The highest BCUT2D eigenvalue weighted by molar-refractivity contribution is 7.80. The van der Waals surface area contributed by atoms with Gasteiger partial charge in [-0.15, -0.1) is 0 Å². The van der Waals surface area contributed by atoms with Crippen LogP contribution >= 0.6 is 12.6 Å². The molecule has 0 fully saturated rings. The van der Waals surface area contributed by atoms with Gasteiger partial charge < -0.3 is 0 Å².